The number of rotatable bonds is 5. The highest BCUT2D eigenvalue weighted by molar-refractivity contribution is 7.13. The minimum absolute atomic E-state index is 0.331. The smallest absolute Gasteiger partial charge is 0.182 e. The Hall–Kier alpha value is -1.55. The Kier molecular flexibility index (Phi) is 3.98. The van der Waals surface area contributed by atoms with E-state index in [9.17, 15) is 0 Å². The molecule has 17 heavy (non-hydrogen) atoms. The molecule has 1 aromatic carbocycles. The molecule has 0 fully saturated rings. The number of hydrogen-bond acceptors (Lipinski definition) is 4. The average molecular weight is 248 g/mol. The van der Waals surface area contributed by atoms with Crippen molar-refractivity contribution in [3.05, 3.63) is 41.4 Å². The molecule has 1 atom stereocenters. The van der Waals surface area contributed by atoms with E-state index in [1.807, 2.05) is 29.8 Å². The van der Waals surface area contributed by atoms with Crippen LogP contribution in [0.5, 0.6) is 5.75 Å². The predicted octanol–water partition coefficient (Wildman–Crippen LogP) is 3.19. The second kappa shape index (κ2) is 5.68. The maximum absolute atomic E-state index is 5.34. The molecule has 0 spiro atoms. The molecular weight excluding hydrogens is 232 g/mol. The summed E-state index contributed by atoms with van der Waals surface area (Å²) in [4.78, 5) is 4.22. The van der Waals surface area contributed by atoms with Gasteiger partial charge in [0.25, 0.3) is 0 Å². The van der Waals surface area contributed by atoms with Crippen molar-refractivity contribution in [3.63, 3.8) is 0 Å². The molecule has 2 rings (SSSR count). The first-order valence-corrected chi connectivity index (χ1v) is 6.45. The number of nitrogens with zero attached hydrogens (tertiary/aromatic N) is 1. The predicted molar refractivity (Wildman–Crippen MR) is 71.9 cm³/mol. The molecule has 0 amide bonds. The molecule has 1 N–H and O–H groups in total. The van der Waals surface area contributed by atoms with Crippen LogP contribution < -0.4 is 10.1 Å². The minimum atomic E-state index is 0.331. The number of hydrogen-bond donors (Lipinski definition) is 1. The third-order valence-electron chi connectivity index (χ3n) is 2.52. The van der Waals surface area contributed by atoms with Crippen molar-refractivity contribution in [3.8, 4) is 5.75 Å². The van der Waals surface area contributed by atoms with E-state index < -0.39 is 0 Å². The highest BCUT2D eigenvalue weighted by Gasteiger charge is 2.08. The molecular formula is C13H16N2OS. The maximum atomic E-state index is 5.34. The van der Waals surface area contributed by atoms with Gasteiger partial charge >= 0.3 is 0 Å². The Labute approximate surface area is 105 Å². The summed E-state index contributed by atoms with van der Waals surface area (Å²) < 4.78 is 5.34. The van der Waals surface area contributed by atoms with Crippen molar-refractivity contribution >= 4 is 16.5 Å². The maximum Gasteiger partial charge on any atom is 0.182 e. The van der Waals surface area contributed by atoms with Crippen LogP contribution in [0.3, 0.4) is 0 Å². The van der Waals surface area contributed by atoms with E-state index in [2.05, 4.69) is 23.3 Å². The van der Waals surface area contributed by atoms with Crippen molar-refractivity contribution in [2.24, 2.45) is 0 Å². The molecule has 0 bridgehead atoms. The van der Waals surface area contributed by atoms with Gasteiger partial charge in [-0.25, -0.2) is 4.98 Å². The zero-order chi connectivity index (χ0) is 12.1. The quantitative estimate of drug-likeness (QED) is 0.882. The van der Waals surface area contributed by atoms with Crippen molar-refractivity contribution < 1.29 is 4.74 Å². The summed E-state index contributed by atoms with van der Waals surface area (Å²) in [7, 11) is 1.71. The number of benzene rings is 1. The standard InChI is InChI=1S/C13H16N2OS/c1-10(15-13-14-7-8-17-13)9-11-5-3-4-6-12(11)16-2/h3-8,10H,9H2,1-2H3,(H,14,15). The molecule has 2 aromatic rings. The van der Waals surface area contributed by atoms with E-state index in [0.29, 0.717) is 6.04 Å². The molecule has 0 aliphatic rings. The van der Waals surface area contributed by atoms with Gasteiger partial charge in [-0.1, -0.05) is 18.2 Å². The topological polar surface area (TPSA) is 34.1 Å². The molecule has 0 aliphatic carbocycles. The van der Waals surface area contributed by atoms with Gasteiger partial charge in [0.15, 0.2) is 5.13 Å². The SMILES string of the molecule is COc1ccccc1CC(C)Nc1nccs1. The Bertz CT molecular complexity index is 456. The van der Waals surface area contributed by atoms with Crippen LogP contribution in [0, 0.1) is 0 Å². The third-order valence-corrected chi connectivity index (χ3v) is 3.23. The van der Waals surface area contributed by atoms with Crippen molar-refractivity contribution in [2.75, 3.05) is 12.4 Å². The summed E-state index contributed by atoms with van der Waals surface area (Å²) in [6.45, 7) is 2.15. The van der Waals surface area contributed by atoms with E-state index >= 15 is 0 Å². The number of methoxy groups -OCH3 is 1. The molecule has 0 saturated carbocycles. The molecule has 3 nitrogen and oxygen atoms in total. The van der Waals surface area contributed by atoms with Crippen LogP contribution in [0.25, 0.3) is 0 Å². The molecule has 4 heteroatoms. The fourth-order valence-electron chi connectivity index (χ4n) is 1.76. The number of aromatic nitrogens is 1. The lowest BCUT2D eigenvalue weighted by atomic mass is 10.1. The lowest BCUT2D eigenvalue weighted by molar-refractivity contribution is 0.409. The first-order valence-electron chi connectivity index (χ1n) is 5.57. The van der Waals surface area contributed by atoms with E-state index in [0.717, 1.165) is 17.3 Å². The van der Waals surface area contributed by atoms with E-state index in [4.69, 9.17) is 4.74 Å². The number of nitrogens with one attached hydrogen (secondary N) is 1. The normalized spacial score (nSPS) is 12.1. The first-order chi connectivity index (χ1) is 8.29. The van der Waals surface area contributed by atoms with Crippen LogP contribution in [0.15, 0.2) is 35.8 Å². The van der Waals surface area contributed by atoms with Gasteiger partial charge in [-0.3, -0.25) is 0 Å². The summed E-state index contributed by atoms with van der Waals surface area (Å²) in [5.41, 5.74) is 1.21. The van der Waals surface area contributed by atoms with Gasteiger partial charge in [0, 0.05) is 17.6 Å². The van der Waals surface area contributed by atoms with Crippen LogP contribution in [0.4, 0.5) is 5.13 Å². The zero-order valence-electron chi connectivity index (χ0n) is 10.0. The van der Waals surface area contributed by atoms with Crippen molar-refractivity contribution in [2.45, 2.75) is 19.4 Å². The summed E-state index contributed by atoms with van der Waals surface area (Å²) in [6, 6.07) is 8.44. The van der Waals surface area contributed by atoms with Crippen LogP contribution in [0.2, 0.25) is 0 Å². The number of thiazole rings is 1. The van der Waals surface area contributed by atoms with Crippen LogP contribution in [-0.4, -0.2) is 18.1 Å². The fourth-order valence-corrected chi connectivity index (χ4v) is 2.40. The molecule has 1 aromatic heterocycles. The number of anilines is 1. The molecule has 0 saturated heterocycles. The largest absolute Gasteiger partial charge is 0.496 e. The zero-order valence-corrected chi connectivity index (χ0v) is 10.8. The van der Waals surface area contributed by atoms with Gasteiger partial charge in [0.1, 0.15) is 5.75 Å². The molecule has 1 unspecified atom stereocenters. The van der Waals surface area contributed by atoms with E-state index in [1.165, 1.54) is 5.56 Å². The van der Waals surface area contributed by atoms with Gasteiger partial charge in [0.05, 0.1) is 7.11 Å². The summed E-state index contributed by atoms with van der Waals surface area (Å²) >= 11 is 1.62. The van der Waals surface area contributed by atoms with Crippen molar-refractivity contribution in [1.29, 1.82) is 0 Å². The number of ether oxygens (including phenoxy) is 1. The van der Waals surface area contributed by atoms with Crippen LogP contribution >= 0.6 is 11.3 Å². The lowest BCUT2D eigenvalue weighted by Gasteiger charge is -2.15. The Balaban J connectivity index is 2.00. The summed E-state index contributed by atoms with van der Waals surface area (Å²) in [5, 5.41) is 6.31. The summed E-state index contributed by atoms with van der Waals surface area (Å²) in [6.07, 6.45) is 2.73. The van der Waals surface area contributed by atoms with Gasteiger partial charge in [0.2, 0.25) is 0 Å². The Morgan fingerprint density at radius 3 is 2.94 bits per heavy atom. The van der Waals surface area contributed by atoms with Gasteiger partial charge in [-0.2, -0.15) is 0 Å². The third kappa shape index (κ3) is 3.20. The van der Waals surface area contributed by atoms with Gasteiger partial charge < -0.3 is 10.1 Å². The van der Waals surface area contributed by atoms with Gasteiger partial charge in [-0.15, -0.1) is 11.3 Å². The minimum Gasteiger partial charge on any atom is -0.496 e. The van der Waals surface area contributed by atoms with E-state index in [1.54, 1.807) is 18.4 Å². The van der Waals surface area contributed by atoms with Crippen LogP contribution in [-0.2, 0) is 6.42 Å². The first kappa shape index (κ1) is 11.9. The van der Waals surface area contributed by atoms with Gasteiger partial charge in [-0.05, 0) is 25.0 Å². The second-order valence-electron chi connectivity index (χ2n) is 3.90. The lowest BCUT2D eigenvalue weighted by Crippen LogP contribution is -2.18. The molecule has 0 radical (unpaired) electrons. The number of para-hydroxylation sites is 1. The molecule has 1 heterocycles. The van der Waals surface area contributed by atoms with Crippen molar-refractivity contribution in [1.82, 2.24) is 4.98 Å². The average Bonchev–Trinajstić information content (AvgIpc) is 2.82. The molecule has 0 aliphatic heterocycles. The Morgan fingerprint density at radius 2 is 2.24 bits per heavy atom. The Morgan fingerprint density at radius 1 is 1.41 bits per heavy atom. The summed E-state index contributed by atoms with van der Waals surface area (Å²) in [5.74, 6) is 0.945. The fraction of sp³-hybridized carbons (Fsp3) is 0.308. The molecule has 90 valence electrons. The second-order valence-corrected chi connectivity index (χ2v) is 4.79. The van der Waals surface area contributed by atoms with Crippen LogP contribution in [0.1, 0.15) is 12.5 Å². The highest BCUT2D eigenvalue weighted by atomic mass is 32.1. The highest BCUT2D eigenvalue weighted by Crippen LogP contribution is 2.20. The monoisotopic (exact) mass is 248 g/mol. The van der Waals surface area contributed by atoms with E-state index in [-0.39, 0.29) is 0 Å².